The highest BCUT2D eigenvalue weighted by molar-refractivity contribution is 5.92. The Bertz CT molecular complexity index is 712. The number of anilines is 1. The van der Waals surface area contributed by atoms with Crippen LogP contribution in [0.2, 0.25) is 0 Å². The highest BCUT2D eigenvalue weighted by Crippen LogP contribution is 2.33. The Kier molecular flexibility index (Phi) is 4.83. The average molecular weight is 342 g/mol. The molecule has 0 unspecified atom stereocenters. The van der Waals surface area contributed by atoms with E-state index in [1.54, 1.807) is 26.1 Å². The van der Waals surface area contributed by atoms with Crippen molar-refractivity contribution in [1.29, 1.82) is 0 Å². The molecule has 1 aromatic heterocycles. The molecule has 24 heavy (non-hydrogen) atoms. The molecule has 0 saturated heterocycles. The van der Waals surface area contributed by atoms with Gasteiger partial charge in [-0.15, -0.1) is 0 Å². The summed E-state index contributed by atoms with van der Waals surface area (Å²) in [4.78, 5) is 12.0. The first-order valence-electron chi connectivity index (χ1n) is 7.04. The van der Waals surface area contributed by atoms with Crippen LogP contribution < -0.4 is 10.6 Å². The summed E-state index contributed by atoms with van der Waals surface area (Å²) in [7, 11) is 0. The van der Waals surface area contributed by atoms with E-state index in [0.29, 0.717) is 0 Å². The quantitative estimate of drug-likeness (QED) is 0.799. The minimum atomic E-state index is -4.54. The number of aliphatic hydroxyl groups excluding tert-OH is 1. The van der Waals surface area contributed by atoms with Crippen molar-refractivity contribution in [2.45, 2.75) is 25.6 Å². The molecular formula is C15H17F3N4O2. The molecule has 2 aromatic rings. The SMILES string of the molecule is CC(C)(CO)NC(=O)Nc1cc(C(F)(F)F)ccc1-n1cccn1. The van der Waals surface area contributed by atoms with Gasteiger partial charge in [0.05, 0.1) is 29.1 Å². The van der Waals surface area contributed by atoms with Gasteiger partial charge in [0.1, 0.15) is 0 Å². The smallest absolute Gasteiger partial charge is 0.394 e. The minimum absolute atomic E-state index is 0.0558. The average Bonchev–Trinajstić information content (AvgIpc) is 2.99. The zero-order chi connectivity index (χ0) is 18.0. The lowest BCUT2D eigenvalue weighted by atomic mass is 10.1. The van der Waals surface area contributed by atoms with Crippen molar-refractivity contribution in [1.82, 2.24) is 15.1 Å². The van der Waals surface area contributed by atoms with Crippen molar-refractivity contribution < 1.29 is 23.1 Å². The lowest BCUT2D eigenvalue weighted by molar-refractivity contribution is -0.137. The molecule has 0 bridgehead atoms. The summed E-state index contributed by atoms with van der Waals surface area (Å²) in [6, 6.07) is 3.85. The van der Waals surface area contributed by atoms with Gasteiger partial charge in [-0.05, 0) is 38.1 Å². The number of carbonyl (C=O) groups excluding carboxylic acids is 1. The lowest BCUT2D eigenvalue weighted by Crippen LogP contribution is -2.48. The third kappa shape index (κ3) is 4.25. The molecule has 0 fully saturated rings. The number of urea groups is 1. The van der Waals surface area contributed by atoms with Crippen LogP contribution in [-0.2, 0) is 6.18 Å². The summed E-state index contributed by atoms with van der Waals surface area (Å²) < 4.78 is 40.1. The Balaban J connectivity index is 2.36. The van der Waals surface area contributed by atoms with Gasteiger partial charge >= 0.3 is 12.2 Å². The van der Waals surface area contributed by atoms with E-state index in [2.05, 4.69) is 15.7 Å². The molecule has 0 atom stereocenters. The van der Waals surface area contributed by atoms with Gasteiger partial charge in [0.25, 0.3) is 0 Å². The topological polar surface area (TPSA) is 79.2 Å². The number of hydrogen-bond acceptors (Lipinski definition) is 3. The summed E-state index contributed by atoms with van der Waals surface area (Å²) >= 11 is 0. The molecule has 0 saturated carbocycles. The molecular weight excluding hydrogens is 325 g/mol. The molecule has 6 nitrogen and oxygen atoms in total. The Morgan fingerprint density at radius 2 is 2.04 bits per heavy atom. The maximum Gasteiger partial charge on any atom is 0.416 e. The summed E-state index contributed by atoms with van der Waals surface area (Å²) in [6.45, 7) is 2.83. The van der Waals surface area contributed by atoms with E-state index < -0.39 is 23.3 Å². The Morgan fingerprint density at radius 1 is 1.33 bits per heavy atom. The Morgan fingerprint density at radius 3 is 2.58 bits per heavy atom. The largest absolute Gasteiger partial charge is 0.416 e. The summed E-state index contributed by atoms with van der Waals surface area (Å²) in [5.74, 6) is 0. The van der Waals surface area contributed by atoms with Gasteiger partial charge in [-0.3, -0.25) is 0 Å². The van der Waals surface area contributed by atoms with Crippen LogP contribution >= 0.6 is 0 Å². The second-order valence-electron chi connectivity index (χ2n) is 5.80. The highest BCUT2D eigenvalue weighted by atomic mass is 19.4. The highest BCUT2D eigenvalue weighted by Gasteiger charge is 2.31. The number of halogens is 3. The zero-order valence-corrected chi connectivity index (χ0v) is 13.1. The van der Waals surface area contributed by atoms with Gasteiger partial charge in [-0.2, -0.15) is 18.3 Å². The lowest BCUT2D eigenvalue weighted by Gasteiger charge is -2.24. The van der Waals surface area contributed by atoms with E-state index in [9.17, 15) is 18.0 Å². The third-order valence-corrected chi connectivity index (χ3v) is 3.17. The van der Waals surface area contributed by atoms with Crippen LogP contribution in [-0.4, -0.2) is 33.1 Å². The number of nitrogens with one attached hydrogen (secondary N) is 2. The fourth-order valence-corrected chi connectivity index (χ4v) is 1.92. The van der Waals surface area contributed by atoms with Crippen LogP contribution in [0, 0.1) is 0 Å². The minimum Gasteiger partial charge on any atom is -0.394 e. The van der Waals surface area contributed by atoms with Crippen molar-refractivity contribution in [3.8, 4) is 5.69 Å². The molecule has 0 aliphatic heterocycles. The first-order valence-corrected chi connectivity index (χ1v) is 7.04. The van der Waals surface area contributed by atoms with E-state index in [4.69, 9.17) is 5.11 Å². The van der Waals surface area contributed by atoms with Crippen LogP contribution in [0.5, 0.6) is 0 Å². The number of aliphatic hydroxyl groups is 1. The van der Waals surface area contributed by atoms with Crippen LogP contribution in [0.25, 0.3) is 5.69 Å². The van der Waals surface area contributed by atoms with Gasteiger partial charge in [0.2, 0.25) is 0 Å². The molecule has 2 amide bonds. The van der Waals surface area contributed by atoms with Gasteiger partial charge < -0.3 is 15.7 Å². The molecule has 0 radical (unpaired) electrons. The van der Waals surface area contributed by atoms with Crippen LogP contribution in [0.4, 0.5) is 23.7 Å². The van der Waals surface area contributed by atoms with Crippen molar-refractivity contribution in [2.24, 2.45) is 0 Å². The fourth-order valence-electron chi connectivity index (χ4n) is 1.92. The maximum absolute atomic E-state index is 12.9. The van der Waals surface area contributed by atoms with E-state index in [1.165, 1.54) is 16.9 Å². The standard InChI is InChI=1S/C15H17F3N4O2/c1-14(2,9-23)21-13(24)20-11-8-10(15(16,17)18)4-5-12(11)22-7-3-6-19-22/h3-8,23H,9H2,1-2H3,(H2,20,21,24). The molecule has 9 heteroatoms. The molecule has 0 aliphatic rings. The number of alkyl halides is 3. The number of benzene rings is 1. The number of hydrogen-bond donors (Lipinski definition) is 3. The Hall–Kier alpha value is -2.55. The molecule has 130 valence electrons. The van der Waals surface area contributed by atoms with E-state index in [0.717, 1.165) is 12.1 Å². The van der Waals surface area contributed by atoms with Crippen LogP contribution in [0.1, 0.15) is 19.4 Å². The predicted molar refractivity (Wildman–Crippen MR) is 81.9 cm³/mol. The van der Waals surface area contributed by atoms with Crippen molar-refractivity contribution in [2.75, 3.05) is 11.9 Å². The Labute approximate surface area is 136 Å². The second-order valence-corrected chi connectivity index (χ2v) is 5.80. The summed E-state index contributed by atoms with van der Waals surface area (Å²) in [6.07, 6.45) is -1.53. The van der Waals surface area contributed by atoms with Gasteiger partial charge in [-0.1, -0.05) is 0 Å². The molecule has 3 N–H and O–H groups in total. The molecule has 1 heterocycles. The molecule has 0 aliphatic carbocycles. The first kappa shape index (κ1) is 17.8. The molecule has 2 rings (SSSR count). The van der Waals surface area contributed by atoms with Gasteiger partial charge in [-0.25, -0.2) is 9.48 Å². The predicted octanol–water partition coefficient (Wildman–Crippen LogP) is 2.78. The normalized spacial score (nSPS) is 12.1. The van der Waals surface area contributed by atoms with Crippen molar-refractivity contribution >= 4 is 11.7 Å². The monoisotopic (exact) mass is 342 g/mol. The zero-order valence-electron chi connectivity index (χ0n) is 13.1. The first-order chi connectivity index (χ1) is 11.1. The van der Waals surface area contributed by atoms with E-state index in [1.807, 2.05) is 0 Å². The van der Waals surface area contributed by atoms with Crippen molar-refractivity contribution in [3.63, 3.8) is 0 Å². The fraction of sp³-hybridized carbons (Fsp3) is 0.333. The number of carbonyl (C=O) groups is 1. The number of rotatable bonds is 4. The summed E-state index contributed by atoms with van der Waals surface area (Å²) in [5.41, 5.74) is -1.59. The number of amides is 2. The maximum atomic E-state index is 12.9. The van der Waals surface area contributed by atoms with Crippen molar-refractivity contribution in [3.05, 3.63) is 42.2 Å². The second kappa shape index (κ2) is 6.52. The number of aromatic nitrogens is 2. The van der Waals surface area contributed by atoms with E-state index in [-0.39, 0.29) is 18.0 Å². The van der Waals surface area contributed by atoms with Crippen LogP contribution in [0.15, 0.2) is 36.7 Å². The van der Waals surface area contributed by atoms with Crippen LogP contribution in [0.3, 0.4) is 0 Å². The molecule has 0 spiro atoms. The third-order valence-electron chi connectivity index (χ3n) is 3.17. The number of nitrogens with zero attached hydrogens (tertiary/aromatic N) is 2. The summed E-state index contributed by atoms with van der Waals surface area (Å²) in [5, 5.41) is 18.0. The van der Waals surface area contributed by atoms with Gasteiger partial charge in [0, 0.05) is 12.4 Å². The molecule has 1 aromatic carbocycles. The van der Waals surface area contributed by atoms with E-state index >= 15 is 0 Å². The van der Waals surface area contributed by atoms with Gasteiger partial charge in [0.15, 0.2) is 0 Å².